The fourth-order valence-corrected chi connectivity index (χ4v) is 3.30. The summed E-state index contributed by atoms with van der Waals surface area (Å²) in [5.41, 5.74) is 0.341. The van der Waals surface area contributed by atoms with Crippen LogP contribution in [0.3, 0.4) is 0 Å². The first-order valence-electron chi connectivity index (χ1n) is 6.45. The molecule has 112 valence electrons. The van der Waals surface area contributed by atoms with Gasteiger partial charge in [-0.2, -0.15) is 0 Å². The second kappa shape index (κ2) is 6.32. The molecule has 1 aromatic carbocycles. The van der Waals surface area contributed by atoms with Crippen LogP contribution >= 0.6 is 27.7 Å². The molecular weight excluding hydrogens is 355 g/mol. The lowest BCUT2D eigenvalue weighted by Gasteiger charge is -2.19. The summed E-state index contributed by atoms with van der Waals surface area (Å²) in [5, 5.41) is 0. The Morgan fingerprint density at radius 2 is 1.90 bits per heavy atom. The fraction of sp³-hybridized carbons (Fsp3) is 0.333. The van der Waals surface area contributed by atoms with E-state index in [-0.39, 0.29) is 16.8 Å². The Morgan fingerprint density at radius 3 is 2.48 bits per heavy atom. The van der Waals surface area contributed by atoms with Crippen LogP contribution in [0.5, 0.6) is 0 Å². The molecule has 0 saturated carbocycles. The maximum atomic E-state index is 12.9. The summed E-state index contributed by atoms with van der Waals surface area (Å²) in [6, 6.07) is 6.25. The molecule has 0 atom stereocenters. The van der Waals surface area contributed by atoms with Crippen molar-refractivity contribution in [2.45, 2.75) is 36.8 Å². The predicted molar refractivity (Wildman–Crippen MR) is 87.2 cm³/mol. The van der Waals surface area contributed by atoms with Gasteiger partial charge in [-0.3, -0.25) is 4.79 Å². The van der Waals surface area contributed by atoms with Crippen molar-refractivity contribution < 1.29 is 4.39 Å². The van der Waals surface area contributed by atoms with E-state index in [2.05, 4.69) is 25.9 Å². The molecule has 0 unspecified atom stereocenters. The molecule has 0 bridgehead atoms. The molecule has 0 aliphatic rings. The van der Waals surface area contributed by atoms with Crippen molar-refractivity contribution in [3.63, 3.8) is 0 Å². The first kappa shape index (κ1) is 16.2. The van der Waals surface area contributed by atoms with Crippen LogP contribution in [0, 0.1) is 5.82 Å². The lowest BCUT2D eigenvalue weighted by atomic mass is 9.92. The molecule has 1 N–H and O–H groups in total. The Bertz CT molecular complexity index is 692. The van der Waals surface area contributed by atoms with E-state index in [1.165, 1.54) is 23.9 Å². The van der Waals surface area contributed by atoms with Crippen LogP contribution in [0.15, 0.2) is 38.4 Å². The first-order valence-corrected chi connectivity index (χ1v) is 8.23. The van der Waals surface area contributed by atoms with Crippen LogP contribution in [-0.4, -0.2) is 9.97 Å². The molecule has 1 heterocycles. The molecule has 0 spiro atoms. The molecule has 1 aromatic heterocycles. The van der Waals surface area contributed by atoms with Crippen molar-refractivity contribution in [3.8, 4) is 0 Å². The number of benzene rings is 1. The van der Waals surface area contributed by atoms with E-state index in [9.17, 15) is 9.18 Å². The van der Waals surface area contributed by atoms with Gasteiger partial charge in [0.25, 0.3) is 5.56 Å². The van der Waals surface area contributed by atoms with Gasteiger partial charge in [-0.25, -0.2) is 9.37 Å². The predicted octanol–water partition coefficient (Wildman–Crippen LogP) is 4.26. The van der Waals surface area contributed by atoms with Gasteiger partial charge in [0.1, 0.15) is 16.1 Å². The average molecular weight is 371 g/mol. The summed E-state index contributed by atoms with van der Waals surface area (Å²) in [6.45, 7) is 6.03. The Kier molecular flexibility index (Phi) is 4.88. The number of hydrogen-bond acceptors (Lipinski definition) is 3. The van der Waals surface area contributed by atoms with Crippen molar-refractivity contribution in [2.24, 2.45) is 0 Å². The molecule has 0 aliphatic carbocycles. The molecule has 0 amide bonds. The number of hydrogen-bond donors (Lipinski definition) is 1. The average Bonchev–Trinajstić information content (AvgIpc) is 2.40. The number of thioether (sulfide) groups is 1. The van der Waals surface area contributed by atoms with E-state index in [1.54, 1.807) is 12.1 Å². The minimum Gasteiger partial charge on any atom is -0.309 e. The fourth-order valence-electron chi connectivity index (χ4n) is 1.75. The minimum absolute atomic E-state index is 0.176. The molecule has 0 radical (unpaired) electrons. The van der Waals surface area contributed by atoms with Crippen LogP contribution in [0.2, 0.25) is 0 Å². The monoisotopic (exact) mass is 370 g/mol. The highest BCUT2D eigenvalue weighted by molar-refractivity contribution is 9.10. The summed E-state index contributed by atoms with van der Waals surface area (Å²) >= 11 is 4.80. The molecule has 2 rings (SSSR count). The zero-order chi connectivity index (χ0) is 15.6. The molecule has 6 heteroatoms. The molecule has 21 heavy (non-hydrogen) atoms. The lowest BCUT2D eigenvalue weighted by Crippen LogP contribution is -2.23. The van der Waals surface area contributed by atoms with E-state index in [1.807, 2.05) is 20.8 Å². The second-order valence-electron chi connectivity index (χ2n) is 5.67. The van der Waals surface area contributed by atoms with Crippen molar-refractivity contribution in [2.75, 3.05) is 0 Å². The van der Waals surface area contributed by atoms with Crippen LogP contribution in [0.25, 0.3) is 0 Å². The molecule has 0 fully saturated rings. The summed E-state index contributed by atoms with van der Waals surface area (Å²) in [4.78, 5) is 20.2. The molecular formula is C15H16BrFN2OS. The van der Waals surface area contributed by atoms with Gasteiger partial charge in [0, 0.05) is 10.3 Å². The van der Waals surface area contributed by atoms with Crippen LogP contribution < -0.4 is 5.56 Å². The Labute approximate surface area is 135 Å². The number of halogens is 2. The number of H-pyrrole nitrogens is 1. The minimum atomic E-state index is -0.260. The number of nitrogens with zero attached hydrogens (tertiary/aromatic N) is 1. The number of aromatic nitrogens is 2. The van der Waals surface area contributed by atoms with Gasteiger partial charge < -0.3 is 4.98 Å². The first-order chi connectivity index (χ1) is 9.77. The summed E-state index contributed by atoms with van der Waals surface area (Å²) in [5.74, 6) is 0.879. The standard InChI is InChI=1S/C15H16BrFN2OS/c1-15(2,3)13-12(16)14(20)19-11(18-13)8-21-10-6-4-9(17)5-7-10/h4-7H,8H2,1-3H3,(H,18,19,20). The normalized spacial score (nSPS) is 11.7. The van der Waals surface area contributed by atoms with Crippen LogP contribution in [0.4, 0.5) is 4.39 Å². The third-order valence-corrected chi connectivity index (χ3v) is 4.57. The highest BCUT2D eigenvalue weighted by Crippen LogP contribution is 2.27. The van der Waals surface area contributed by atoms with Gasteiger partial charge in [-0.1, -0.05) is 20.8 Å². The SMILES string of the molecule is CC(C)(C)c1nc(CSc2ccc(F)cc2)[nH]c(=O)c1Br. The van der Waals surface area contributed by atoms with Crippen LogP contribution in [-0.2, 0) is 11.2 Å². The van der Waals surface area contributed by atoms with Crippen molar-refractivity contribution >= 4 is 27.7 Å². The maximum Gasteiger partial charge on any atom is 0.265 e. The second-order valence-corrected chi connectivity index (χ2v) is 7.51. The van der Waals surface area contributed by atoms with Crippen molar-refractivity contribution in [3.05, 3.63) is 56.4 Å². The topological polar surface area (TPSA) is 45.8 Å². The third-order valence-electron chi connectivity index (χ3n) is 2.81. The number of rotatable bonds is 3. The largest absolute Gasteiger partial charge is 0.309 e. The number of aromatic amines is 1. The molecule has 0 saturated heterocycles. The summed E-state index contributed by atoms with van der Waals surface area (Å²) in [6.07, 6.45) is 0. The van der Waals surface area contributed by atoms with Gasteiger partial charge in [-0.15, -0.1) is 11.8 Å². The highest BCUT2D eigenvalue weighted by atomic mass is 79.9. The van der Waals surface area contributed by atoms with E-state index in [0.29, 0.717) is 16.0 Å². The quantitative estimate of drug-likeness (QED) is 0.820. The van der Waals surface area contributed by atoms with Gasteiger partial charge in [-0.05, 0) is 40.2 Å². The molecule has 0 aliphatic heterocycles. The maximum absolute atomic E-state index is 12.9. The van der Waals surface area contributed by atoms with E-state index in [4.69, 9.17) is 0 Å². The van der Waals surface area contributed by atoms with Gasteiger partial charge >= 0.3 is 0 Å². The molecule has 2 aromatic rings. The zero-order valence-electron chi connectivity index (χ0n) is 12.0. The van der Waals surface area contributed by atoms with E-state index in [0.717, 1.165) is 10.6 Å². The summed E-state index contributed by atoms with van der Waals surface area (Å²) < 4.78 is 13.3. The van der Waals surface area contributed by atoms with Crippen molar-refractivity contribution in [1.29, 1.82) is 0 Å². The van der Waals surface area contributed by atoms with Gasteiger partial charge in [0.2, 0.25) is 0 Å². The zero-order valence-corrected chi connectivity index (χ0v) is 14.4. The Morgan fingerprint density at radius 1 is 1.29 bits per heavy atom. The van der Waals surface area contributed by atoms with Crippen molar-refractivity contribution in [1.82, 2.24) is 9.97 Å². The molecule has 3 nitrogen and oxygen atoms in total. The lowest BCUT2D eigenvalue weighted by molar-refractivity contribution is 0.558. The van der Waals surface area contributed by atoms with Crippen LogP contribution in [0.1, 0.15) is 32.3 Å². The van der Waals surface area contributed by atoms with Gasteiger partial charge in [0.05, 0.1) is 11.4 Å². The Balaban J connectivity index is 2.23. The van der Waals surface area contributed by atoms with Gasteiger partial charge in [0.15, 0.2) is 0 Å². The Hall–Kier alpha value is -1.14. The van der Waals surface area contributed by atoms with E-state index < -0.39 is 0 Å². The third kappa shape index (κ3) is 4.17. The van der Waals surface area contributed by atoms with E-state index >= 15 is 0 Å². The number of nitrogens with one attached hydrogen (secondary N) is 1. The summed E-state index contributed by atoms with van der Waals surface area (Å²) in [7, 11) is 0. The smallest absolute Gasteiger partial charge is 0.265 e. The highest BCUT2D eigenvalue weighted by Gasteiger charge is 2.21.